The summed E-state index contributed by atoms with van der Waals surface area (Å²) in [6, 6.07) is 5.22. The first-order chi connectivity index (χ1) is 11.7. The molecule has 1 aromatic carbocycles. The Morgan fingerprint density at radius 1 is 1.33 bits per heavy atom. The van der Waals surface area contributed by atoms with Gasteiger partial charge in [0, 0.05) is 39.1 Å². The van der Waals surface area contributed by atoms with Crippen molar-refractivity contribution >= 4 is 5.91 Å². The summed E-state index contributed by atoms with van der Waals surface area (Å²) >= 11 is 0. The lowest BCUT2D eigenvalue weighted by atomic mass is 10.1. The van der Waals surface area contributed by atoms with Crippen LogP contribution in [0.1, 0.15) is 22.2 Å². The van der Waals surface area contributed by atoms with Crippen LogP contribution in [0.15, 0.2) is 30.6 Å². The van der Waals surface area contributed by atoms with Crippen LogP contribution in [0.2, 0.25) is 0 Å². The van der Waals surface area contributed by atoms with Crippen LogP contribution in [0.25, 0.3) is 0 Å². The summed E-state index contributed by atoms with van der Waals surface area (Å²) in [5.74, 6) is 1.78. The first kappa shape index (κ1) is 16.3. The van der Waals surface area contributed by atoms with Crippen molar-refractivity contribution < 1.29 is 14.3 Å². The number of ether oxygens (including phenoxy) is 2. The van der Waals surface area contributed by atoms with E-state index in [2.05, 4.69) is 10.3 Å². The highest BCUT2D eigenvalue weighted by atomic mass is 16.5. The van der Waals surface area contributed by atoms with Gasteiger partial charge in [-0.2, -0.15) is 0 Å². The highest BCUT2D eigenvalue weighted by Gasteiger charge is 2.32. The topological polar surface area (TPSA) is 68.6 Å². The number of carbonyl (C=O) groups is 1. The van der Waals surface area contributed by atoms with E-state index < -0.39 is 0 Å². The summed E-state index contributed by atoms with van der Waals surface area (Å²) in [6.07, 6.45) is 3.64. The molecule has 3 rings (SSSR count). The quantitative estimate of drug-likeness (QED) is 0.913. The third-order valence-corrected chi connectivity index (χ3v) is 4.29. The molecule has 0 radical (unpaired) electrons. The number of nitrogens with zero attached hydrogens (tertiary/aromatic N) is 3. The first-order valence-corrected chi connectivity index (χ1v) is 7.87. The number of para-hydroxylation sites is 1. The van der Waals surface area contributed by atoms with E-state index in [-0.39, 0.29) is 11.9 Å². The number of benzene rings is 1. The number of piperazine rings is 1. The molecule has 1 amide bonds. The van der Waals surface area contributed by atoms with Crippen molar-refractivity contribution in [2.45, 2.75) is 6.04 Å². The fourth-order valence-corrected chi connectivity index (χ4v) is 3.09. The molecule has 1 unspecified atom stereocenters. The van der Waals surface area contributed by atoms with Gasteiger partial charge in [0.15, 0.2) is 11.5 Å². The summed E-state index contributed by atoms with van der Waals surface area (Å²) in [5.41, 5.74) is 0.498. The van der Waals surface area contributed by atoms with Crippen LogP contribution in [0.3, 0.4) is 0 Å². The van der Waals surface area contributed by atoms with Gasteiger partial charge in [-0.3, -0.25) is 4.79 Å². The highest BCUT2D eigenvalue weighted by Crippen LogP contribution is 2.33. The largest absolute Gasteiger partial charge is 0.493 e. The Hall–Kier alpha value is -2.54. The van der Waals surface area contributed by atoms with Gasteiger partial charge in [-0.25, -0.2) is 4.98 Å². The molecule has 2 aromatic rings. The molecule has 1 atom stereocenters. The predicted molar refractivity (Wildman–Crippen MR) is 89.4 cm³/mol. The van der Waals surface area contributed by atoms with Gasteiger partial charge in [-0.15, -0.1) is 0 Å². The average molecular weight is 330 g/mol. The molecule has 1 aromatic heterocycles. The maximum Gasteiger partial charge on any atom is 0.258 e. The molecule has 1 aliphatic heterocycles. The van der Waals surface area contributed by atoms with E-state index in [1.165, 1.54) is 0 Å². The number of rotatable bonds is 4. The first-order valence-electron chi connectivity index (χ1n) is 7.87. The van der Waals surface area contributed by atoms with Crippen LogP contribution in [0.4, 0.5) is 0 Å². The van der Waals surface area contributed by atoms with Crippen molar-refractivity contribution in [1.29, 1.82) is 0 Å². The Bertz CT molecular complexity index is 728. The lowest BCUT2D eigenvalue weighted by molar-refractivity contribution is 0.0617. The fourth-order valence-electron chi connectivity index (χ4n) is 3.09. The number of amides is 1. The second-order valence-corrected chi connectivity index (χ2v) is 5.66. The Kier molecular flexibility index (Phi) is 4.71. The fraction of sp³-hybridized carbons (Fsp3) is 0.412. The molecule has 128 valence electrons. The molecule has 1 saturated heterocycles. The zero-order valence-electron chi connectivity index (χ0n) is 14.2. The third kappa shape index (κ3) is 2.82. The van der Waals surface area contributed by atoms with Gasteiger partial charge in [0.05, 0.1) is 19.8 Å². The summed E-state index contributed by atoms with van der Waals surface area (Å²) < 4.78 is 12.7. The normalized spacial score (nSPS) is 17.6. The number of hydrogen-bond acceptors (Lipinski definition) is 5. The minimum atomic E-state index is -0.123. The van der Waals surface area contributed by atoms with E-state index in [1.54, 1.807) is 38.6 Å². The minimum absolute atomic E-state index is 0.0831. The van der Waals surface area contributed by atoms with Crippen LogP contribution >= 0.6 is 0 Å². The lowest BCUT2D eigenvalue weighted by Gasteiger charge is -2.36. The van der Waals surface area contributed by atoms with Crippen LogP contribution in [0.5, 0.6) is 11.5 Å². The van der Waals surface area contributed by atoms with Crippen LogP contribution in [-0.2, 0) is 7.05 Å². The molecule has 2 heterocycles. The molecule has 1 fully saturated rings. The van der Waals surface area contributed by atoms with Crippen molar-refractivity contribution in [3.05, 3.63) is 42.0 Å². The number of aromatic nitrogens is 2. The van der Waals surface area contributed by atoms with Crippen molar-refractivity contribution in [3.63, 3.8) is 0 Å². The number of carbonyl (C=O) groups excluding carboxylic acids is 1. The molecule has 0 spiro atoms. The zero-order chi connectivity index (χ0) is 17.1. The van der Waals surface area contributed by atoms with E-state index in [4.69, 9.17) is 9.47 Å². The third-order valence-electron chi connectivity index (χ3n) is 4.29. The van der Waals surface area contributed by atoms with Gasteiger partial charge in [0.25, 0.3) is 5.91 Å². The van der Waals surface area contributed by atoms with Crippen molar-refractivity contribution in [2.24, 2.45) is 7.05 Å². The Labute approximate surface area is 141 Å². The SMILES string of the molecule is COc1cccc(C(=O)N2CCNCC2c2nccn2C)c1OC. The lowest BCUT2D eigenvalue weighted by Crippen LogP contribution is -2.49. The number of imidazole rings is 1. The second kappa shape index (κ2) is 6.92. The van der Waals surface area contributed by atoms with E-state index in [0.717, 1.165) is 12.4 Å². The molecule has 24 heavy (non-hydrogen) atoms. The van der Waals surface area contributed by atoms with Gasteiger partial charge >= 0.3 is 0 Å². The highest BCUT2D eigenvalue weighted by molar-refractivity contribution is 5.98. The van der Waals surface area contributed by atoms with Gasteiger partial charge in [0.1, 0.15) is 11.9 Å². The maximum absolute atomic E-state index is 13.2. The zero-order valence-corrected chi connectivity index (χ0v) is 14.2. The maximum atomic E-state index is 13.2. The average Bonchev–Trinajstić information content (AvgIpc) is 3.06. The molecule has 1 N–H and O–H groups in total. The molecule has 7 nitrogen and oxygen atoms in total. The Morgan fingerprint density at radius 3 is 2.83 bits per heavy atom. The molecule has 7 heteroatoms. The summed E-state index contributed by atoms with van der Waals surface area (Å²) in [4.78, 5) is 19.4. The van der Waals surface area contributed by atoms with E-state index in [9.17, 15) is 4.79 Å². The molecule has 1 aliphatic rings. The van der Waals surface area contributed by atoms with Crippen molar-refractivity contribution in [1.82, 2.24) is 19.8 Å². The number of methoxy groups -OCH3 is 2. The van der Waals surface area contributed by atoms with Crippen molar-refractivity contribution in [2.75, 3.05) is 33.9 Å². The van der Waals surface area contributed by atoms with Gasteiger partial charge in [-0.05, 0) is 12.1 Å². The molecular weight excluding hydrogens is 308 g/mol. The van der Waals surface area contributed by atoms with Gasteiger partial charge in [-0.1, -0.05) is 6.07 Å². The summed E-state index contributed by atoms with van der Waals surface area (Å²) in [7, 11) is 5.04. The molecule has 0 bridgehead atoms. The molecule has 0 aliphatic carbocycles. The summed E-state index contributed by atoms with van der Waals surface area (Å²) in [5, 5.41) is 3.33. The van der Waals surface area contributed by atoms with E-state index >= 15 is 0 Å². The number of aryl methyl sites for hydroxylation is 1. The van der Waals surface area contributed by atoms with Crippen LogP contribution in [-0.4, -0.2) is 54.2 Å². The monoisotopic (exact) mass is 330 g/mol. The van der Waals surface area contributed by atoms with Crippen molar-refractivity contribution in [3.8, 4) is 11.5 Å². The van der Waals surface area contributed by atoms with E-state index in [1.807, 2.05) is 22.7 Å². The van der Waals surface area contributed by atoms with Crippen LogP contribution < -0.4 is 14.8 Å². The van der Waals surface area contributed by atoms with Gasteiger partial charge < -0.3 is 24.3 Å². The number of hydrogen-bond donors (Lipinski definition) is 1. The molecular formula is C17H22N4O3. The number of nitrogens with one attached hydrogen (secondary N) is 1. The Morgan fingerprint density at radius 2 is 2.17 bits per heavy atom. The van der Waals surface area contributed by atoms with Gasteiger partial charge in [0.2, 0.25) is 0 Å². The Balaban J connectivity index is 1.97. The summed E-state index contributed by atoms with van der Waals surface area (Å²) in [6.45, 7) is 2.03. The van der Waals surface area contributed by atoms with E-state index in [0.29, 0.717) is 30.2 Å². The minimum Gasteiger partial charge on any atom is -0.493 e. The second-order valence-electron chi connectivity index (χ2n) is 5.66. The van der Waals surface area contributed by atoms with Crippen LogP contribution in [0, 0.1) is 0 Å². The standard InChI is InChI=1S/C17H22N4O3/c1-20-9-8-19-16(20)13-11-18-7-10-21(13)17(22)12-5-4-6-14(23-2)15(12)24-3/h4-6,8-9,13,18H,7,10-11H2,1-3H3. The molecule has 0 saturated carbocycles. The smallest absolute Gasteiger partial charge is 0.258 e. The predicted octanol–water partition coefficient (Wildman–Crippen LogP) is 1.22.